The Hall–Kier alpha value is -0.930. The summed E-state index contributed by atoms with van der Waals surface area (Å²) in [5, 5.41) is 4.57. The first-order chi connectivity index (χ1) is 10.1. The summed E-state index contributed by atoms with van der Waals surface area (Å²) < 4.78 is 5.37. The van der Waals surface area contributed by atoms with Gasteiger partial charge in [0.15, 0.2) is 0 Å². The Morgan fingerprint density at radius 2 is 2.05 bits per heavy atom. The quantitative estimate of drug-likeness (QED) is 0.886. The molecule has 0 amide bonds. The molecule has 0 aliphatic carbocycles. The predicted octanol–water partition coefficient (Wildman–Crippen LogP) is 4.10. The van der Waals surface area contributed by atoms with Gasteiger partial charge in [-0.3, -0.25) is 0 Å². The predicted molar refractivity (Wildman–Crippen MR) is 90.7 cm³/mol. The highest BCUT2D eigenvalue weighted by atomic mass is 35.5. The third kappa shape index (κ3) is 3.29. The highest BCUT2D eigenvalue weighted by Crippen LogP contribution is 2.35. The lowest BCUT2D eigenvalue weighted by Gasteiger charge is -2.48. The van der Waals surface area contributed by atoms with E-state index in [1.807, 2.05) is 12.1 Å². The first-order valence-corrected chi connectivity index (χ1v) is 8.32. The molecular formula is C17H27ClN2O. The van der Waals surface area contributed by atoms with E-state index in [0.717, 1.165) is 48.8 Å². The molecule has 3 nitrogen and oxygen atoms in total. The van der Waals surface area contributed by atoms with Gasteiger partial charge in [-0.15, -0.1) is 0 Å². The van der Waals surface area contributed by atoms with Gasteiger partial charge < -0.3 is 15.0 Å². The number of anilines is 1. The van der Waals surface area contributed by atoms with Crippen LogP contribution >= 0.6 is 11.6 Å². The van der Waals surface area contributed by atoms with E-state index in [9.17, 15) is 0 Å². The molecular weight excluding hydrogens is 284 g/mol. The van der Waals surface area contributed by atoms with Gasteiger partial charge in [-0.05, 0) is 31.4 Å². The van der Waals surface area contributed by atoms with Crippen LogP contribution in [0.2, 0.25) is 5.02 Å². The molecule has 1 atom stereocenters. The van der Waals surface area contributed by atoms with Gasteiger partial charge >= 0.3 is 0 Å². The first kappa shape index (κ1) is 16.4. The Morgan fingerprint density at radius 3 is 2.62 bits per heavy atom. The largest absolute Gasteiger partial charge is 0.497 e. The van der Waals surface area contributed by atoms with Crippen LogP contribution in [0.5, 0.6) is 5.75 Å². The maximum atomic E-state index is 6.47. The minimum atomic E-state index is 0.179. The number of methoxy groups -OCH3 is 1. The fourth-order valence-corrected chi connectivity index (χ4v) is 3.39. The third-order valence-electron chi connectivity index (χ3n) is 4.91. The Kier molecular flexibility index (Phi) is 5.39. The molecule has 118 valence electrons. The number of ether oxygens (including phenoxy) is 1. The second kappa shape index (κ2) is 6.89. The summed E-state index contributed by atoms with van der Waals surface area (Å²) in [4.78, 5) is 2.47. The molecule has 2 rings (SSSR count). The van der Waals surface area contributed by atoms with Crippen LogP contribution in [0.25, 0.3) is 0 Å². The van der Waals surface area contributed by atoms with Crippen LogP contribution in [-0.2, 0) is 0 Å². The van der Waals surface area contributed by atoms with Crippen molar-refractivity contribution in [2.75, 3.05) is 25.1 Å². The third-order valence-corrected chi connectivity index (χ3v) is 5.23. The van der Waals surface area contributed by atoms with Crippen LogP contribution in [0, 0.1) is 0 Å². The number of halogens is 1. The molecule has 1 aromatic rings. The average Bonchev–Trinajstić information content (AvgIpc) is 2.54. The number of nitrogens with one attached hydrogen (secondary N) is 1. The van der Waals surface area contributed by atoms with E-state index in [1.165, 1.54) is 0 Å². The van der Waals surface area contributed by atoms with Crippen molar-refractivity contribution in [2.24, 2.45) is 0 Å². The second-order valence-corrected chi connectivity index (χ2v) is 6.28. The highest BCUT2D eigenvalue weighted by molar-refractivity contribution is 6.33. The van der Waals surface area contributed by atoms with Gasteiger partial charge in [0, 0.05) is 30.7 Å². The van der Waals surface area contributed by atoms with Crippen molar-refractivity contribution >= 4 is 17.3 Å². The van der Waals surface area contributed by atoms with Crippen LogP contribution in [0.15, 0.2) is 18.2 Å². The van der Waals surface area contributed by atoms with E-state index in [0.29, 0.717) is 6.04 Å². The second-order valence-electron chi connectivity index (χ2n) is 5.88. The summed E-state index contributed by atoms with van der Waals surface area (Å²) in [5.41, 5.74) is 1.27. The molecule has 0 spiro atoms. The monoisotopic (exact) mass is 310 g/mol. The summed E-state index contributed by atoms with van der Waals surface area (Å²) in [6.07, 6.45) is 3.35. The van der Waals surface area contributed by atoms with Crippen molar-refractivity contribution in [1.82, 2.24) is 5.32 Å². The number of hydrogen-bond acceptors (Lipinski definition) is 3. The van der Waals surface area contributed by atoms with Crippen molar-refractivity contribution in [3.63, 3.8) is 0 Å². The van der Waals surface area contributed by atoms with Gasteiger partial charge in [-0.25, -0.2) is 0 Å². The van der Waals surface area contributed by atoms with Crippen LogP contribution in [0.4, 0.5) is 5.69 Å². The molecule has 1 aliphatic rings. The fraction of sp³-hybridized carbons (Fsp3) is 0.647. The van der Waals surface area contributed by atoms with E-state index >= 15 is 0 Å². The molecule has 0 saturated carbocycles. The van der Waals surface area contributed by atoms with Crippen molar-refractivity contribution in [3.05, 3.63) is 23.2 Å². The molecule has 1 heterocycles. The van der Waals surface area contributed by atoms with Crippen LogP contribution in [0.3, 0.4) is 0 Å². The molecule has 1 aliphatic heterocycles. The van der Waals surface area contributed by atoms with Crippen molar-refractivity contribution in [1.29, 1.82) is 0 Å². The van der Waals surface area contributed by atoms with Gasteiger partial charge in [0.2, 0.25) is 0 Å². The Balaban J connectivity index is 2.37. The molecule has 1 unspecified atom stereocenters. The van der Waals surface area contributed by atoms with Crippen molar-refractivity contribution in [3.8, 4) is 5.75 Å². The van der Waals surface area contributed by atoms with E-state index in [4.69, 9.17) is 16.3 Å². The lowest BCUT2D eigenvalue weighted by Crippen LogP contribution is -2.64. The molecule has 4 heteroatoms. The lowest BCUT2D eigenvalue weighted by molar-refractivity contribution is 0.246. The Morgan fingerprint density at radius 1 is 1.33 bits per heavy atom. The number of nitrogens with zero attached hydrogens (tertiary/aromatic N) is 1. The molecule has 1 N–H and O–H groups in total. The topological polar surface area (TPSA) is 24.5 Å². The lowest BCUT2D eigenvalue weighted by atomic mass is 9.87. The zero-order valence-corrected chi connectivity index (χ0v) is 14.3. The van der Waals surface area contributed by atoms with E-state index in [-0.39, 0.29) is 5.54 Å². The van der Waals surface area contributed by atoms with Crippen LogP contribution < -0.4 is 15.0 Å². The summed E-state index contributed by atoms with van der Waals surface area (Å²) in [5.74, 6) is 0.862. The van der Waals surface area contributed by atoms with Crippen LogP contribution in [0.1, 0.15) is 40.0 Å². The van der Waals surface area contributed by atoms with E-state index < -0.39 is 0 Å². The maximum Gasteiger partial charge on any atom is 0.121 e. The first-order valence-electron chi connectivity index (χ1n) is 7.94. The zero-order valence-electron chi connectivity index (χ0n) is 13.6. The molecule has 1 saturated heterocycles. The SMILES string of the molecule is CCC1CNC(CC)(CC)CN1c1cc(OC)ccc1Cl. The van der Waals surface area contributed by atoms with Gasteiger partial charge in [0.1, 0.15) is 5.75 Å². The summed E-state index contributed by atoms with van der Waals surface area (Å²) >= 11 is 6.47. The molecule has 0 bridgehead atoms. The minimum Gasteiger partial charge on any atom is -0.497 e. The fourth-order valence-electron chi connectivity index (χ4n) is 3.17. The summed E-state index contributed by atoms with van der Waals surface area (Å²) in [6, 6.07) is 6.39. The number of hydrogen-bond donors (Lipinski definition) is 1. The number of piperazine rings is 1. The highest BCUT2D eigenvalue weighted by Gasteiger charge is 2.36. The molecule has 0 radical (unpaired) electrons. The molecule has 1 aromatic carbocycles. The smallest absolute Gasteiger partial charge is 0.121 e. The van der Waals surface area contributed by atoms with Gasteiger partial charge in [-0.2, -0.15) is 0 Å². The molecule has 21 heavy (non-hydrogen) atoms. The normalized spacial score (nSPS) is 21.4. The average molecular weight is 311 g/mol. The van der Waals surface area contributed by atoms with Crippen LogP contribution in [-0.4, -0.2) is 31.8 Å². The van der Waals surface area contributed by atoms with Crippen molar-refractivity contribution < 1.29 is 4.74 Å². The summed E-state index contributed by atoms with van der Waals surface area (Å²) in [6.45, 7) is 8.75. The zero-order chi connectivity index (χ0) is 15.5. The maximum absolute atomic E-state index is 6.47. The van der Waals surface area contributed by atoms with E-state index in [1.54, 1.807) is 7.11 Å². The van der Waals surface area contributed by atoms with Crippen molar-refractivity contribution in [2.45, 2.75) is 51.6 Å². The van der Waals surface area contributed by atoms with Gasteiger partial charge in [0.05, 0.1) is 17.8 Å². The number of rotatable bonds is 5. The standard InChI is InChI=1S/C17H27ClN2O/c1-5-13-11-19-17(6-2,7-3)12-20(13)16-10-14(21-4)8-9-15(16)18/h8-10,13,19H,5-7,11-12H2,1-4H3. The minimum absolute atomic E-state index is 0.179. The molecule has 1 fully saturated rings. The number of benzene rings is 1. The van der Waals surface area contributed by atoms with E-state index in [2.05, 4.69) is 37.1 Å². The Bertz CT molecular complexity index is 474. The molecule has 0 aromatic heterocycles. The Labute approximate surface area is 133 Å². The van der Waals surface area contributed by atoms with Gasteiger partial charge in [0.25, 0.3) is 0 Å². The van der Waals surface area contributed by atoms with Gasteiger partial charge in [-0.1, -0.05) is 32.4 Å². The summed E-state index contributed by atoms with van der Waals surface area (Å²) in [7, 11) is 1.70.